The number of methoxy groups -OCH3 is 1. The van der Waals surface area contributed by atoms with Gasteiger partial charge in [-0.2, -0.15) is 13.2 Å². The number of thioether (sulfide) groups is 1. The summed E-state index contributed by atoms with van der Waals surface area (Å²) in [6.07, 6.45) is -1.11. The third kappa shape index (κ3) is 3.56. The third-order valence-electron chi connectivity index (χ3n) is 2.69. The van der Waals surface area contributed by atoms with Crippen molar-refractivity contribution in [2.45, 2.75) is 23.3 Å². The van der Waals surface area contributed by atoms with Gasteiger partial charge in [0.05, 0.1) is 18.8 Å². The van der Waals surface area contributed by atoms with Crippen LogP contribution in [-0.2, 0) is 9.53 Å². The number of hydrogen-bond acceptors (Lipinski definition) is 4. The number of hydrogen-bond donors (Lipinski definition) is 0. The molecule has 0 bridgehead atoms. The lowest BCUT2D eigenvalue weighted by Gasteiger charge is -2.18. The first kappa shape index (κ1) is 14.0. The molecule has 0 aromatic heterocycles. The Morgan fingerprint density at radius 2 is 1.95 bits per heavy atom. The molecule has 0 spiro atoms. The number of rotatable bonds is 3. The van der Waals surface area contributed by atoms with E-state index in [-0.39, 0.29) is 18.2 Å². The SMILES string of the molecule is COc1ccc([C@H]2OC(=O)C[C@@H]2SC(F)(F)F)cc1. The molecule has 0 amide bonds. The molecule has 1 heterocycles. The van der Waals surface area contributed by atoms with Gasteiger partial charge in [-0.05, 0) is 29.5 Å². The molecule has 1 fully saturated rings. The standard InChI is InChI=1S/C12H11F3O3S/c1-17-8-4-2-7(3-5-8)11-9(6-10(16)18-11)19-12(13,14)15/h2-5,9,11H,6H2,1H3/t9-,11+/m0/s1. The molecule has 2 rings (SSSR count). The van der Waals surface area contributed by atoms with Crippen molar-refractivity contribution in [3.63, 3.8) is 0 Å². The van der Waals surface area contributed by atoms with Gasteiger partial charge in [-0.1, -0.05) is 12.1 Å². The molecule has 0 saturated carbocycles. The molecule has 19 heavy (non-hydrogen) atoms. The lowest BCUT2D eigenvalue weighted by atomic mass is 10.1. The van der Waals surface area contributed by atoms with Gasteiger partial charge in [-0.25, -0.2) is 0 Å². The van der Waals surface area contributed by atoms with Crippen LogP contribution in [0.2, 0.25) is 0 Å². The van der Waals surface area contributed by atoms with E-state index in [1.165, 1.54) is 7.11 Å². The Bertz CT molecular complexity index is 458. The number of ether oxygens (including phenoxy) is 2. The van der Waals surface area contributed by atoms with Crippen LogP contribution in [0.25, 0.3) is 0 Å². The van der Waals surface area contributed by atoms with Gasteiger partial charge in [0.15, 0.2) is 0 Å². The molecule has 0 radical (unpaired) electrons. The highest BCUT2D eigenvalue weighted by Gasteiger charge is 2.44. The number of halogens is 3. The Labute approximate surface area is 112 Å². The largest absolute Gasteiger partial charge is 0.497 e. The molecule has 0 unspecified atom stereocenters. The minimum Gasteiger partial charge on any atom is -0.497 e. The zero-order chi connectivity index (χ0) is 14.0. The van der Waals surface area contributed by atoms with E-state index < -0.39 is 22.8 Å². The van der Waals surface area contributed by atoms with Crippen LogP contribution >= 0.6 is 11.8 Å². The number of esters is 1. The van der Waals surface area contributed by atoms with E-state index in [0.29, 0.717) is 11.3 Å². The number of benzene rings is 1. The predicted molar refractivity (Wildman–Crippen MR) is 63.9 cm³/mol. The van der Waals surface area contributed by atoms with Crippen LogP contribution in [0.1, 0.15) is 18.1 Å². The lowest BCUT2D eigenvalue weighted by molar-refractivity contribution is -0.141. The van der Waals surface area contributed by atoms with Crippen molar-refractivity contribution in [1.82, 2.24) is 0 Å². The number of alkyl halides is 3. The average molecular weight is 292 g/mol. The Kier molecular flexibility index (Phi) is 3.93. The maximum absolute atomic E-state index is 12.4. The molecule has 0 aliphatic carbocycles. The lowest BCUT2D eigenvalue weighted by Crippen LogP contribution is -2.15. The van der Waals surface area contributed by atoms with Gasteiger partial charge in [-0.3, -0.25) is 4.79 Å². The van der Waals surface area contributed by atoms with Crippen molar-refractivity contribution in [3.8, 4) is 5.75 Å². The summed E-state index contributed by atoms with van der Waals surface area (Å²) in [5, 5.41) is -0.944. The van der Waals surface area contributed by atoms with Crippen molar-refractivity contribution in [1.29, 1.82) is 0 Å². The molecular formula is C12H11F3O3S. The van der Waals surface area contributed by atoms with Crippen molar-refractivity contribution in [3.05, 3.63) is 29.8 Å². The normalized spacial score (nSPS) is 23.3. The summed E-state index contributed by atoms with van der Waals surface area (Å²) < 4.78 is 47.2. The van der Waals surface area contributed by atoms with Crippen LogP contribution in [0, 0.1) is 0 Å². The quantitative estimate of drug-likeness (QED) is 0.801. The Morgan fingerprint density at radius 1 is 1.32 bits per heavy atom. The fourth-order valence-corrected chi connectivity index (χ4v) is 2.79. The topological polar surface area (TPSA) is 35.5 Å². The molecule has 3 nitrogen and oxygen atoms in total. The highest BCUT2D eigenvalue weighted by Crippen LogP contribution is 2.45. The van der Waals surface area contributed by atoms with Gasteiger partial charge < -0.3 is 9.47 Å². The summed E-state index contributed by atoms with van der Waals surface area (Å²) in [6.45, 7) is 0. The van der Waals surface area contributed by atoms with Crippen LogP contribution in [0.4, 0.5) is 13.2 Å². The van der Waals surface area contributed by atoms with Crippen LogP contribution in [-0.4, -0.2) is 23.8 Å². The van der Waals surface area contributed by atoms with Gasteiger partial charge in [0, 0.05) is 0 Å². The van der Waals surface area contributed by atoms with Gasteiger partial charge >= 0.3 is 11.5 Å². The van der Waals surface area contributed by atoms with Crippen LogP contribution in [0.15, 0.2) is 24.3 Å². The third-order valence-corrected chi connectivity index (χ3v) is 3.68. The Hall–Kier alpha value is -1.37. The zero-order valence-electron chi connectivity index (χ0n) is 9.94. The second kappa shape index (κ2) is 5.32. The summed E-state index contributed by atoms with van der Waals surface area (Å²) in [5.74, 6) is -0.0179. The highest BCUT2D eigenvalue weighted by molar-refractivity contribution is 8.00. The van der Waals surface area contributed by atoms with Crippen LogP contribution in [0.5, 0.6) is 5.75 Å². The van der Waals surface area contributed by atoms with Crippen LogP contribution < -0.4 is 4.74 Å². The first-order chi connectivity index (χ1) is 8.89. The highest BCUT2D eigenvalue weighted by atomic mass is 32.2. The zero-order valence-corrected chi connectivity index (χ0v) is 10.8. The molecular weight excluding hydrogens is 281 g/mol. The van der Waals surface area contributed by atoms with Crippen molar-refractivity contribution in [2.75, 3.05) is 7.11 Å². The molecule has 2 atom stereocenters. The molecule has 1 aromatic carbocycles. The minimum absolute atomic E-state index is 0.196. The first-order valence-electron chi connectivity index (χ1n) is 5.47. The van der Waals surface area contributed by atoms with Crippen molar-refractivity contribution in [2.24, 2.45) is 0 Å². The fraction of sp³-hybridized carbons (Fsp3) is 0.417. The van der Waals surface area contributed by atoms with E-state index in [4.69, 9.17) is 9.47 Å². The smallest absolute Gasteiger partial charge is 0.442 e. The maximum atomic E-state index is 12.4. The van der Waals surface area contributed by atoms with E-state index in [2.05, 4.69) is 0 Å². The van der Waals surface area contributed by atoms with E-state index in [0.717, 1.165) is 0 Å². The average Bonchev–Trinajstić information content (AvgIpc) is 2.68. The van der Waals surface area contributed by atoms with E-state index >= 15 is 0 Å². The first-order valence-corrected chi connectivity index (χ1v) is 6.35. The summed E-state index contributed by atoms with van der Waals surface area (Å²) in [6, 6.07) is 6.45. The Morgan fingerprint density at radius 3 is 2.47 bits per heavy atom. The van der Waals surface area contributed by atoms with Crippen molar-refractivity contribution < 1.29 is 27.4 Å². The number of carbonyl (C=O) groups is 1. The second-order valence-electron chi connectivity index (χ2n) is 3.99. The number of cyclic esters (lactones) is 1. The molecule has 104 valence electrons. The summed E-state index contributed by atoms with van der Waals surface area (Å²) in [5.41, 5.74) is -3.85. The molecule has 1 aromatic rings. The maximum Gasteiger partial charge on any atom is 0.442 e. The molecule has 0 N–H and O–H groups in total. The minimum atomic E-state index is -4.39. The summed E-state index contributed by atoms with van der Waals surface area (Å²) >= 11 is -0.196. The molecule has 1 aliphatic heterocycles. The van der Waals surface area contributed by atoms with Crippen molar-refractivity contribution >= 4 is 17.7 Å². The molecule has 7 heteroatoms. The molecule has 1 aliphatic rings. The molecule has 1 saturated heterocycles. The fourth-order valence-electron chi connectivity index (χ4n) is 1.89. The van der Waals surface area contributed by atoms with E-state index in [1.807, 2.05) is 0 Å². The number of carbonyl (C=O) groups excluding carboxylic acids is 1. The second-order valence-corrected chi connectivity index (χ2v) is 5.29. The van der Waals surface area contributed by atoms with E-state index in [1.54, 1.807) is 24.3 Å². The Balaban J connectivity index is 2.17. The van der Waals surface area contributed by atoms with Gasteiger partial charge in [0.2, 0.25) is 0 Å². The monoisotopic (exact) mass is 292 g/mol. The van der Waals surface area contributed by atoms with Gasteiger partial charge in [0.25, 0.3) is 0 Å². The predicted octanol–water partition coefficient (Wildman–Crippen LogP) is 3.30. The van der Waals surface area contributed by atoms with Gasteiger partial charge in [-0.15, -0.1) is 0 Å². The summed E-state index contributed by atoms with van der Waals surface area (Å²) in [7, 11) is 1.49. The van der Waals surface area contributed by atoms with Gasteiger partial charge in [0.1, 0.15) is 11.9 Å². The van der Waals surface area contributed by atoms with Crippen LogP contribution in [0.3, 0.4) is 0 Å². The van der Waals surface area contributed by atoms with E-state index in [9.17, 15) is 18.0 Å². The summed E-state index contributed by atoms with van der Waals surface area (Å²) in [4.78, 5) is 11.2.